The number of carbonyl (C=O) groups is 1. The second kappa shape index (κ2) is 7.41. The number of nitrogens with zero attached hydrogens (tertiary/aromatic N) is 3. The first-order valence-electron chi connectivity index (χ1n) is 8.70. The first-order chi connectivity index (χ1) is 13.2. The number of carbonyl (C=O) groups excluding carboxylic acids is 1. The number of rotatable bonds is 5. The highest BCUT2D eigenvalue weighted by Gasteiger charge is 2.20. The summed E-state index contributed by atoms with van der Waals surface area (Å²) in [5, 5.41) is 0. The Hall–Kier alpha value is -3.47. The van der Waals surface area contributed by atoms with Crippen molar-refractivity contribution < 1.29 is 9.18 Å². The van der Waals surface area contributed by atoms with Crippen LogP contribution in [0.4, 0.5) is 4.39 Å². The molecule has 0 unspecified atom stereocenters. The van der Waals surface area contributed by atoms with Crippen LogP contribution in [0.2, 0.25) is 0 Å². The Morgan fingerprint density at radius 3 is 2.04 bits per heavy atom. The molecule has 0 spiro atoms. The van der Waals surface area contributed by atoms with Gasteiger partial charge >= 0.3 is 0 Å². The predicted octanol–water partition coefficient (Wildman–Crippen LogP) is 4.32. The molecular formula is C22H18FN3O. The van der Waals surface area contributed by atoms with Crippen LogP contribution >= 0.6 is 0 Å². The van der Waals surface area contributed by atoms with E-state index in [4.69, 9.17) is 0 Å². The minimum atomic E-state index is -0.371. The molecule has 0 fully saturated rings. The van der Waals surface area contributed by atoms with Crippen LogP contribution < -0.4 is 0 Å². The van der Waals surface area contributed by atoms with Gasteiger partial charge in [0, 0.05) is 25.5 Å². The van der Waals surface area contributed by atoms with Crippen LogP contribution in [-0.4, -0.2) is 20.2 Å². The van der Waals surface area contributed by atoms with Gasteiger partial charge in [-0.2, -0.15) is 0 Å². The second-order valence-corrected chi connectivity index (χ2v) is 6.37. The Kier molecular flexibility index (Phi) is 4.66. The summed E-state index contributed by atoms with van der Waals surface area (Å²) in [6.07, 6.45) is 2.89. The van der Waals surface area contributed by atoms with Crippen molar-refractivity contribution in [2.75, 3.05) is 0 Å². The van der Waals surface area contributed by atoms with Crippen LogP contribution in [0.5, 0.6) is 0 Å². The molecule has 1 amide bonds. The Balaban J connectivity index is 1.66. The van der Waals surface area contributed by atoms with Gasteiger partial charge < -0.3 is 9.30 Å². The van der Waals surface area contributed by atoms with Crippen LogP contribution in [0, 0.1) is 5.82 Å². The Morgan fingerprint density at radius 1 is 0.852 bits per heavy atom. The smallest absolute Gasteiger partial charge is 0.274 e. The average molecular weight is 359 g/mol. The van der Waals surface area contributed by atoms with Crippen LogP contribution in [0.25, 0.3) is 5.65 Å². The van der Waals surface area contributed by atoms with Crippen LogP contribution in [-0.2, 0) is 13.1 Å². The quantitative estimate of drug-likeness (QED) is 0.532. The molecular weight excluding hydrogens is 341 g/mol. The van der Waals surface area contributed by atoms with E-state index in [-0.39, 0.29) is 11.7 Å². The largest absolute Gasteiger partial charge is 0.329 e. The lowest BCUT2D eigenvalue weighted by molar-refractivity contribution is 0.0724. The SMILES string of the molecule is O=C(c1cn2cc(F)ccc2n1)N(Cc1ccccc1)Cc1ccccc1. The zero-order valence-electron chi connectivity index (χ0n) is 14.6. The first-order valence-corrected chi connectivity index (χ1v) is 8.70. The van der Waals surface area contributed by atoms with Gasteiger partial charge in [-0.1, -0.05) is 60.7 Å². The molecule has 4 aromatic rings. The lowest BCUT2D eigenvalue weighted by Gasteiger charge is -2.22. The summed E-state index contributed by atoms with van der Waals surface area (Å²) in [6, 6.07) is 22.6. The monoisotopic (exact) mass is 359 g/mol. The summed E-state index contributed by atoms with van der Waals surface area (Å²) in [6.45, 7) is 0.938. The molecule has 0 N–H and O–H groups in total. The van der Waals surface area contributed by atoms with Gasteiger partial charge in [0.25, 0.3) is 5.91 Å². The van der Waals surface area contributed by atoms with Crippen molar-refractivity contribution in [1.82, 2.24) is 14.3 Å². The molecule has 2 aromatic carbocycles. The molecule has 134 valence electrons. The third kappa shape index (κ3) is 3.87. The first kappa shape index (κ1) is 17.0. The Morgan fingerprint density at radius 2 is 1.44 bits per heavy atom. The summed E-state index contributed by atoms with van der Waals surface area (Å²) < 4.78 is 15.0. The number of halogens is 1. The highest BCUT2D eigenvalue weighted by molar-refractivity contribution is 5.92. The highest BCUT2D eigenvalue weighted by atomic mass is 19.1. The minimum Gasteiger partial charge on any atom is -0.329 e. The topological polar surface area (TPSA) is 37.6 Å². The fourth-order valence-corrected chi connectivity index (χ4v) is 3.04. The number of benzene rings is 2. The maximum atomic E-state index is 13.4. The third-order valence-electron chi connectivity index (χ3n) is 4.35. The molecule has 0 saturated heterocycles. The van der Waals surface area contributed by atoms with Gasteiger partial charge in [0.2, 0.25) is 0 Å². The second-order valence-electron chi connectivity index (χ2n) is 6.37. The van der Waals surface area contributed by atoms with Crippen molar-refractivity contribution in [3.05, 3.63) is 108 Å². The third-order valence-corrected chi connectivity index (χ3v) is 4.35. The minimum absolute atomic E-state index is 0.188. The lowest BCUT2D eigenvalue weighted by Crippen LogP contribution is -2.30. The molecule has 0 aliphatic carbocycles. The van der Waals surface area contributed by atoms with Crippen LogP contribution in [0.15, 0.2) is 85.2 Å². The number of fused-ring (bicyclic) bond motifs is 1. The fraction of sp³-hybridized carbons (Fsp3) is 0.0909. The van der Waals surface area contributed by atoms with Crippen molar-refractivity contribution >= 4 is 11.6 Å². The Bertz CT molecular complexity index is 1020. The standard InChI is InChI=1S/C22H18FN3O/c23-19-11-12-21-24-20(16-25(21)15-19)22(27)26(13-17-7-3-1-4-8-17)14-18-9-5-2-6-10-18/h1-12,15-16H,13-14H2. The van der Waals surface area contributed by atoms with Gasteiger partial charge in [-0.25, -0.2) is 9.37 Å². The van der Waals surface area contributed by atoms with E-state index in [2.05, 4.69) is 4.98 Å². The van der Waals surface area contributed by atoms with E-state index in [0.717, 1.165) is 11.1 Å². The number of pyridine rings is 1. The number of imidazole rings is 1. The number of aromatic nitrogens is 2. The van der Waals surface area contributed by atoms with E-state index in [0.29, 0.717) is 24.4 Å². The summed E-state index contributed by atoms with van der Waals surface area (Å²) in [5.74, 6) is -0.559. The molecule has 0 aliphatic heterocycles. The maximum absolute atomic E-state index is 13.4. The van der Waals surface area contributed by atoms with E-state index < -0.39 is 0 Å². The molecule has 4 rings (SSSR count). The molecule has 0 radical (unpaired) electrons. The van der Waals surface area contributed by atoms with Gasteiger partial charge in [0.15, 0.2) is 0 Å². The van der Waals surface area contributed by atoms with Gasteiger partial charge in [0.05, 0.1) is 0 Å². The van der Waals surface area contributed by atoms with E-state index in [1.807, 2.05) is 60.7 Å². The Labute approximate surface area is 156 Å². The maximum Gasteiger partial charge on any atom is 0.274 e. The van der Waals surface area contributed by atoms with E-state index in [9.17, 15) is 9.18 Å². The van der Waals surface area contributed by atoms with Crippen LogP contribution in [0.3, 0.4) is 0 Å². The van der Waals surface area contributed by atoms with Crippen molar-refractivity contribution in [3.8, 4) is 0 Å². The zero-order valence-corrected chi connectivity index (χ0v) is 14.6. The molecule has 0 atom stereocenters. The van der Waals surface area contributed by atoms with Gasteiger partial charge in [-0.15, -0.1) is 0 Å². The molecule has 4 nitrogen and oxygen atoms in total. The van der Waals surface area contributed by atoms with Crippen LogP contribution in [0.1, 0.15) is 21.6 Å². The predicted molar refractivity (Wildman–Crippen MR) is 102 cm³/mol. The normalized spacial score (nSPS) is 10.9. The summed E-state index contributed by atoms with van der Waals surface area (Å²) in [4.78, 5) is 19.3. The molecule has 0 bridgehead atoms. The molecule has 0 saturated carbocycles. The molecule has 27 heavy (non-hydrogen) atoms. The number of hydrogen-bond donors (Lipinski definition) is 0. The van der Waals surface area contributed by atoms with Crippen molar-refractivity contribution in [2.24, 2.45) is 0 Å². The highest BCUT2D eigenvalue weighted by Crippen LogP contribution is 2.15. The molecule has 2 heterocycles. The van der Waals surface area contributed by atoms with Crippen molar-refractivity contribution in [3.63, 3.8) is 0 Å². The molecule has 2 aromatic heterocycles. The summed E-state index contributed by atoms with van der Waals surface area (Å²) in [7, 11) is 0. The van der Waals surface area contributed by atoms with E-state index in [1.54, 1.807) is 17.2 Å². The number of amides is 1. The summed E-state index contributed by atoms with van der Waals surface area (Å²) >= 11 is 0. The van der Waals surface area contributed by atoms with Crippen molar-refractivity contribution in [1.29, 1.82) is 0 Å². The van der Waals surface area contributed by atoms with E-state index >= 15 is 0 Å². The fourth-order valence-electron chi connectivity index (χ4n) is 3.04. The summed E-state index contributed by atoms with van der Waals surface area (Å²) in [5.41, 5.74) is 2.92. The van der Waals surface area contributed by atoms with E-state index in [1.165, 1.54) is 16.7 Å². The number of hydrogen-bond acceptors (Lipinski definition) is 2. The average Bonchev–Trinajstić information content (AvgIpc) is 3.11. The zero-order chi connectivity index (χ0) is 18.6. The lowest BCUT2D eigenvalue weighted by atomic mass is 10.1. The van der Waals surface area contributed by atoms with Crippen molar-refractivity contribution in [2.45, 2.75) is 13.1 Å². The molecule has 0 aliphatic rings. The van der Waals surface area contributed by atoms with Gasteiger partial charge in [0.1, 0.15) is 17.2 Å². The van der Waals surface area contributed by atoms with Gasteiger partial charge in [-0.05, 0) is 23.3 Å². The molecule has 5 heteroatoms. The van der Waals surface area contributed by atoms with Gasteiger partial charge in [-0.3, -0.25) is 4.79 Å².